The molecule has 0 aromatic heterocycles. The van der Waals surface area contributed by atoms with Gasteiger partial charge in [0.15, 0.2) is 5.60 Å². The summed E-state index contributed by atoms with van der Waals surface area (Å²) in [6, 6.07) is 0. The van der Waals surface area contributed by atoms with Gasteiger partial charge in [-0.25, -0.2) is 4.79 Å². The second kappa shape index (κ2) is 9.51. The lowest BCUT2D eigenvalue weighted by atomic mass is 9.99. The summed E-state index contributed by atoms with van der Waals surface area (Å²) >= 11 is 0. The summed E-state index contributed by atoms with van der Waals surface area (Å²) in [5.41, 5.74) is -0.879. The monoisotopic (exact) mass is 312 g/mol. The second-order valence-corrected chi connectivity index (χ2v) is 6.94. The third-order valence-corrected chi connectivity index (χ3v) is 5.01. The number of hydrogen-bond acceptors (Lipinski definition) is 3. The summed E-state index contributed by atoms with van der Waals surface area (Å²) in [7, 11) is 0. The molecule has 1 atom stereocenters. The van der Waals surface area contributed by atoms with Crippen LogP contribution in [0.15, 0.2) is 0 Å². The highest BCUT2D eigenvalue weighted by Crippen LogP contribution is 2.32. The minimum Gasteiger partial charge on any atom is -0.479 e. The molecule has 22 heavy (non-hydrogen) atoms. The SMILES string of the molecule is O=C(O)C1(CCCOC2CCCCCCCCCCC2)CO1. The molecule has 1 aliphatic carbocycles. The largest absolute Gasteiger partial charge is 0.479 e. The molecule has 0 bridgehead atoms. The molecule has 1 unspecified atom stereocenters. The van der Waals surface area contributed by atoms with Crippen LogP contribution in [0.25, 0.3) is 0 Å². The van der Waals surface area contributed by atoms with Crippen molar-refractivity contribution in [2.24, 2.45) is 0 Å². The second-order valence-electron chi connectivity index (χ2n) is 6.94. The van der Waals surface area contributed by atoms with Gasteiger partial charge in [0.1, 0.15) is 0 Å². The van der Waals surface area contributed by atoms with Gasteiger partial charge in [0.25, 0.3) is 0 Å². The van der Waals surface area contributed by atoms with Gasteiger partial charge in [-0.15, -0.1) is 0 Å². The minimum atomic E-state index is -0.879. The van der Waals surface area contributed by atoms with E-state index < -0.39 is 11.6 Å². The van der Waals surface area contributed by atoms with Crippen LogP contribution in [0.1, 0.15) is 83.5 Å². The Morgan fingerprint density at radius 3 is 1.95 bits per heavy atom. The molecule has 0 radical (unpaired) electrons. The molecule has 2 fully saturated rings. The standard InChI is InChI=1S/C18H32O4/c19-17(20)18(15-22-18)13-10-14-21-16-11-8-6-4-2-1-3-5-7-9-12-16/h16H,1-15H2,(H,19,20). The first kappa shape index (κ1) is 17.7. The summed E-state index contributed by atoms with van der Waals surface area (Å²) < 4.78 is 11.1. The van der Waals surface area contributed by atoms with Crippen molar-refractivity contribution < 1.29 is 19.4 Å². The smallest absolute Gasteiger partial charge is 0.338 e. The molecule has 2 rings (SSSR count). The number of aliphatic carboxylic acids is 1. The first-order valence-corrected chi connectivity index (χ1v) is 9.22. The van der Waals surface area contributed by atoms with Crippen molar-refractivity contribution in [3.05, 3.63) is 0 Å². The van der Waals surface area contributed by atoms with Gasteiger partial charge in [-0.05, 0) is 25.7 Å². The van der Waals surface area contributed by atoms with Crippen molar-refractivity contribution in [3.8, 4) is 0 Å². The summed E-state index contributed by atoms with van der Waals surface area (Å²) in [5, 5.41) is 9.06. The van der Waals surface area contributed by atoms with E-state index >= 15 is 0 Å². The number of carboxylic acid groups (broad SMARTS) is 1. The van der Waals surface area contributed by atoms with Crippen molar-refractivity contribution in [2.75, 3.05) is 13.2 Å². The fourth-order valence-corrected chi connectivity index (χ4v) is 3.36. The van der Waals surface area contributed by atoms with Gasteiger partial charge in [-0.1, -0.05) is 57.8 Å². The van der Waals surface area contributed by atoms with Crippen LogP contribution in [-0.2, 0) is 14.3 Å². The number of hydrogen-bond donors (Lipinski definition) is 1. The van der Waals surface area contributed by atoms with Gasteiger partial charge in [0.05, 0.1) is 12.7 Å². The normalized spacial score (nSPS) is 28.5. The van der Waals surface area contributed by atoms with Crippen LogP contribution in [0.5, 0.6) is 0 Å². The predicted octanol–water partition coefficient (Wildman–Crippen LogP) is 4.31. The first-order valence-electron chi connectivity index (χ1n) is 9.22. The zero-order chi connectivity index (χ0) is 15.7. The molecule has 1 heterocycles. The highest BCUT2D eigenvalue weighted by molar-refractivity contribution is 5.80. The molecular weight excluding hydrogens is 280 g/mol. The lowest BCUT2D eigenvalue weighted by Crippen LogP contribution is -2.24. The van der Waals surface area contributed by atoms with Crippen molar-refractivity contribution in [2.45, 2.75) is 95.2 Å². The Morgan fingerprint density at radius 1 is 1.00 bits per heavy atom. The van der Waals surface area contributed by atoms with Crippen molar-refractivity contribution in [3.63, 3.8) is 0 Å². The van der Waals surface area contributed by atoms with Crippen LogP contribution < -0.4 is 0 Å². The Bertz CT molecular complexity index is 313. The Morgan fingerprint density at radius 2 is 1.50 bits per heavy atom. The van der Waals surface area contributed by atoms with E-state index in [0.717, 1.165) is 6.42 Å². The maximum absolute atomic E-state index is 11.0. The highest BCUT2D eigenvalue weighted by Gasteiger charge is 2.51. The molecule has 0 aromatic carbocycles. The highest BCUT2D eigenvalue weighted by atomic mass is 16.6. The van der Waals surface area contributed by atoms with Gasteiger partial charge >= 0.3 is 5.97 Å². The molecular formula is C18H32O4. The molecule has 1 saturated carbocycles. The summed E-state index contributed by atoms with van der Waals surface area (Å²) in [6.45, 7) is 1.04. The fraction of sp³-hybridized carbons (Fsp3) is 0.944. The van der Waals surface area contributed by atoms with Crippen LogP contribution in [0, 0.1) is 0 Å². The average Bonchev–Trinajstić information content (AvgIpc) is 3.27. The van der Waals surface area contributed by atoms with Gasteiger partial charge in [-0.2, -0.15) is 0 Å². The minimum absolute atomic E-state index is 0.367. The number of epoxide rings is 1. The summed E-state index contributed by atoms with van der Waals surface area (Å²) in [5.74, 6) is -0.821. The van der Waals surface area contributed by atoms with Gasteiger partial charge in [0.2, 0.25) is 0 Å². The van der Waals surface area contributed by atoms with E-state index in [9.17, 15) is 4.79 Å². The van der Waals surface area contributed by atoms with Crippen LogP contribution >= 0.6 is 0 Å². The number of carboxylic acids is 1. The van der Waals surface area contributed by atoms with E-state index in [-0.39, 0.29) is 0 Å². The van der Waals surface area contributed by atoms with Gasteiger partial charge in [-0.3, -0.25) is 0 Å². The van der Waals surface area contributed by atoms with Gasteiger partial charge in [0, 0.05) is 6.61 Å². The molecule has 2 aliphatic rings. The molecule has 1 aliphatic heterocycles. The lowest BCUT2D eigenvalue weighted by molar-refractivity contribution is -0.143. The van der Waals surface area contributed by atoms with Crippen molar-refractivity contribution in [1.82, 2.24) is 0 Å². The van der Waals surface area contributed by atoms with Crippen LogP contribution in [-0.4, -0.2) is 36.0 Å². The van der Waals surface area contributed by atoms with Crippen LogP contribution in [0.4, 0.5) is 0 Å². The maximum Gasteiger partial charge on any atom is 0.338 e. The third-order valence-electron chi connectivity index (χ3n) is 5.01. The Labute approximate surface area is 134 Å². The quantitative estimate of drug-likeness (QED) is 0.586. The van der Waals surface area contributed by atoms with Crippen LogP contribution in [0.3, 0.4) is 0 Å². The number of ether oxygens (including phenoxy) is 2. The first-order chi connectivity index (χ1) is 10.7. The molecule has 1 saturated heterocycles. The molecule has 0 spiro atoms. The average molecular weight is 312 g/mol. The molecule has 0 amide bonds. The number of rotatable bonds is 6. The van der Waals surface area contributed by atoms with E-state index in [1.54, 1.807) is 0 Å². The lowest BCUT2D eigenvalue weighted by Gasteiger charge is -2.19. The summed E-state index contributed by atoms with van der Waals surface area (Å²) in [4.78, 5) is 11.0. The van der Waals surface area contributed by atoms with E-state index in [4.69, 9.17) is 14.6 Å². The van der Waals surface area contributed by atoms with Crippen molar-refractivity contribution >= 4 is 5.97 Å². The topological polar surface area (TPSA) is 59.1 Å². The van der Waals surface area contributed by atoms with E-state index in [1.165, 1.54) is 70.6 Å². The zero-order valence-corrected chi connectivity index (χ0v) is 13.9. The molecule has 4 heteroatoms. The maximum atomic E-state index is 11.0. The van der Waals surface area contributed by atoms with E-state index in [0.29, 0.717) is 25.7 Å². The fourth-order valence-electron chi connectivity index (χ4n) is 3.36. The zero-order valence-electron chi connectivity index (χ0n) is 13.9. The van der Waals surface area contributed by atoms with E-state index in [2.05, 4.69) is 0 Å². The molecule has 0 aromatic rings. The molecule has 128 valence electrons. The Hall–Kier alpha value is -0.610. The van der Waals surface area contributed by atoms with Crippen LogP contribution in [0.2, 0.25) is 0 Å². The molecule has 1 N–H and O–H groups in total. The van der Waals surface area contributed by atoms with E-state index in [1.807, 2.05) is 0 Å². The number of carbonyl (C=O) groups is 1. The Balaban J connectivity index is 1.61. The third kappa shape index (κ3) is 6.25. The van der Waals surface area contributed by atoms with Gasteiger partial charge < -0.3 is 14.6 Å². The molecule has 4 nitrogen and oxygen atoms in total. The summed E-state index contributed by atoms with van der Waals surface area (Å²) in [6.07, 6.45) is 16.2. The predicted molar refractivity (Wildman–Crippen MR) is 86.1 cm³/mol. The van der Waals surface area contributed by atoms with Crippen molar-refractivity contribution in [1.29, 1.82) is 0 Å². The Kier molecular flexibility index (Phi) is 7.67.